The summed E-state index contributed by atoms with van der Waals surface area (Å²) >= 11 is 0. The van der Waals surface area contributed by atoms with Crippen molar-refractivity contribution in [2.75, 3.05) is 21.3 Å². The van der Waals surface area contributed by atoms with Crippen LogP contribution in [0.15, 0.2) is 95.6 Å². The fraction of sp³-hybridized carbons (Fsp3) is 0.748. The van der Waals surface area contributed by atoms with Crippen LogP contribution in [-0.4, -0.2) is 72.9 Å². The van der Waals surface area contributed by atoms with Gasteiger partial charge in [0.2, 0.25) is 0 Å². The number of ether oxygens (including phenoxy) is 6. The number of benzene rings is 3. The summed E-state index contributed by atoms with van der Waals surface area (Å²) in [6.07, 6.45) is 57.0. The van der Waals surface area contributed by atoms with Crippen LogP contribution in [0.1, 0.15) is 397 Å². The summed E-state index contributed by atoms with van der Waals surface area (Å²) in [7, 11) is 4.78. The molecule has 14 aliphatic rings. The Morgan fingerprint density at radius 1 is 0.437 bits per heavy atom. The van der Waals surface area contributed by atoms with Crippen molar-refractivity contribution in [1.29, 1.82) is 0 Å². The van der Waals surface area contributed by atoms with Gasteiger partial charge in [-0.15, -0.1) is 0 Å². The van der Waals surface area contributed by atoms with Crippen LogP contribution in [0.2, 0.25) is 0 Å². The van der Waals surface area contributed by atoms with Crippen LogP contribution in [0.25, 0.3) is 18.2 Å². The molecule has 4 spiro atoms. The largest absolute Gasteiger partial charge is 0.496 e. The molecule has 27 atom stereocenters. The van der Waals surface area contributed by atoms with Gasteiger partial charge in [-0.25, -0.2) is 14.4 Å². The zero-order chi connectivity index (χ0) is 97.3. The first-order valence-electron chi connectivity index (χ1n) is 54.8. The van der Waals surface area contributed by atoms with Crippen molar-refractivity contribution in [3.05, 3.63) is 129 Å². The highest BCUT2D eigenvalue weighted by Crippen LogP contribution is 2.91. The molecule has 748 valence electrons. The molecule has 27 unspecified atom stereocenters. The zero-order valence-corrected chi connectivity index (χ0v) is 88.9. The molecule has 12 heteroatoms. The molecule has 14 aliphatic carbocycles. The molecule has 3 N–H and O–H groups in total. The number of allylic oxidation sites excluding steroid dienone is 3. The van der Waals surface area contributed by atoms with Gasteiger partial charge in [0.15, 0.2) is 0 Å². The highest BCUT2D eigenvalue weighted by Gasteiger charge is 2.84. The second kappa shape index (κ2) is 40.1. The van der Waals surface area contributed by atoms with E-state index in [4.69, 9.17) is 28.4 Å². The lowest BCUT2D eigenvalue weighted by atomic mass is 9.41. The van der Waals surface area contributed by atoms with Crippen molar-refractivity contribution in [2.24, 2.45) is 160 Å². The van der Waals surface area contributed by atoms with Gasteiger partial charge >= 0.3 is 17.9 Å². The van der Waals surface area contributed by atoms with Gasteiger partial charge in [0.05, 0.1) is 41.2 Å². The molecule has 13 fully saturated rings. The average Bonchev–Trinajstić information content (AvgIpc) is 1.47. The van der Waals surface area contributed by atoms with Gasteiger partial charge in [0.1, 0.15) is 35.6 Å². The van der Waals surface area contributed by atoms with Crippen molar-refractivity contribution in [3.8, 4) is 17.2 Å². The number of methoxy groups -OCH3 is 3. The number of aliphatic hydroxyl groups is 3. The van der Waals surface area contributed by atoms with E-state index < -0.39 is 0 Å². The summed E-state index contributed by atoms with van der Waals surface area (Å²) in [6, 6.07) is 16.7. The predicted molar refractivity (Wildman–Crippen MR) is 550 cm³/mol. The maximum atomic E-state index is 13.1. The molecule has 13 saturated carbocycles. The molecule has 12 nitrogen and oxygen atoms in total. The van der Waals surface area contributed by atoms with E-state index in [1.165, 1.54) is 198 Å². The summed E-state index contributed by atoms with van der Waals surface area (Å²) in [5, 5.41) is 28.9. The molecular formula is C123H184O12. The van der Waals surface area contributed by atoms with Crippen LogP contribution in [0.5, 0.6) is 17.2 Å². The minimum Gasteiger partial charge on any atom is -0.496 e. The third-order valence-electron chi connectivity index (χ3n) is 44.6. The highest BCUT2D eigenvalue weighted by atomic mass is 16.6. The standard InChI is InChI=1S/C42H62O4.C41H62O4.C40H60O4/c1-27(2)28(3)10-11-29(4)32-18-20-40(8)35-16-15-34-38(5,6)36(19-21-41(34)26-42(35,41)23-22-39(32,40)7)46-37(44)17-13-30-12-14-33(45-9)31(24-30)25-43;1-27(2)10-9-11-28(3)31-18-20-39(7)34-16-15-33-37(4,5)35(19-21-40(33)26-41(34,40)23-22-38(31,39)6)45-36(43)17-13-29-12-14-32(44-8)30(24-29)25-42;1-8-29(26(2)3)12-9-27(4)34-15-16-35-33-14-13-31-24-32(19-21-39(31,5)36(33)20-22-40(34,35)6)44-38(42)18-11-28-10-17-37(43-7)30(23-28)25-41/h12-14,17,24,29,32,34-36,43H,10-11,15-16,18-23,25-26H2,1-9H3;12-14,17,24,27-28,31,33-35,42H,9-11,15-16,18-23,25-26H2,1-8H3;10-11,13,17-18,23,26-27,29,32-36,41H,8-9,12,14-16,19-22,24-25H2,1-7H3/b2*17-13+;18-11+. The zero-order valence-electron chi connectivity index (χ0n) is 88.9. The first-order chi connectivity index (χ1) is 64.0. The Labute approximate surface area is 818 Å². The number of hydrogen-bond acceptors (Lipinski definition) is 12. The number of carbonyl (C=O) groups excluding carboxylic acids is 3. The molecule has 0 aliphatic heterocycles. The Hall–Kier alpha value is -5.95. The van der Waals surface area contributed by atoms with E-state index in [-0.39, 0.29) is 72.3 Å². The SMILES string of the molecule is CCC(CCC(C)C1CCC2C3CC=C4CC(OC(=O)/C=C/c5ccc(OC)c(CO)c5)CCC4(C)C3CCC12C)C(C)C.COc1ccc(/C=C/C(=O)OC2CCC34CC35CCC3(C)C(C(C)CCC(C)=C(C)C)CCC3(C)C5CCC4C2(C)C)cc1CO.COc1ccc(/C=C/C(=O)OC2CCC34CC35CCC3(C)C(C(C)CCCC(C)C)CCC3(C)C5CCC4C2(C)C)cc1CO. The molecule has 0 radical (unpaired) electrons. The van der Waals surface area contributed by atoms with Crippen molar-refractivity contribution in [3.63, 3.8) is 0 Å². The van der Waals surface area contributed by atoms with E-state index in [1.807, 2.05) is 54.6 Å². The van der Waals surface area contributed by atoms with Crippen LogP contribution in [-0.2, 0) is 48.4 Å². The van der Waals surface area contributed by atoms with Crippen LogP contribution in [0.3, 0.4) is 0 Å². The molecule has 17 rings (SSSR count). The summed E-state index contributed by atoms with van der Waals surface area (Å²) in [4.78, 5) is 39.1. The highest BCUT2D eigenvalue weighted by molar-refractivity contribution is 5.88. The van der Waals surface area contributed by atoms with Crippen LogP contribution >= 0.6 is 0 Å². The lowest BCUT2D eigenvalue weighted by Crippen LogP contribution is -2.58. The van der Waals surface area contributed by atoms with E-state index in [1.54, 1.807) is 62.9 Å². The van der Waals surface area contributed by atoms with Gasteiger partial charge in [-0.3, -0.25) is 0 Å². The van der Waals surface area contributed by atoms with E-state index in [9.17, 15) is 29.7 Å². The monoisotopic (exact) mass is 1850 g/mol. The predicted octanol–water partition coefficient (Wildman–Crippen LogP) is 30.1. The Morgan fingerprint density at radius 3 is 1.32 bits per heavy atom. The fourth-order valence-corrected chi connectivity index (χ4v) is 36.5. The van der Waals surface area contributed by atoms with E-state index in [0.717, 1.165) is 132 Å². The maximum Gasteiger partial charge on any atom is 0.331 e. The molecular weight excluding hydrogens is 1670 g/mol. The molecule has 0 bridgehead atoms. The Balaban J connectivity index is 0.000000154. The van der Waals surface area contributed by atoms with Crippen LogP contribution in [0, 0.1) is 160 Å². The molecule has 0 saturated heterocycles. The number of aliphatic hydroxyl groups excluding tert-OH is 3. The number of rotatable bonds is 30. The first kappa shape index (κ1) is 103. The third kappa shape index (κ3) is 18.5. The second-order valence-corrected chi connectivity index (χ2v) is 51.4. The molecule has 3 aromatic rings. The van der Waals surface area contributed by atoms with E-state index in [0.29, 0.717) is 94.5 Å². The Bertz CT molecular complexity index is 4850. The quantitative estimate of drug-likeness (QED) is 0.0251. The number of fused-ring (bicyclic) bond motifs is 9. The molecule has 3 aromatic carbocycles. The van der Waals surface area contributed by atoms with Gasteiger partial charge in [-0.2, -0.15) is 0 Å². The minimum absolute atomic E-state index is 0.0226. The summed E-state index contributed by atoms with van der Waals surface area (Å²) in [5.74, 6) is 14.1. The van der Waals surface area contributed by atoms with Crippen molar-refractivity contribution >= 4 is 36.1 Å². The number of hydrogen-bond donors (Lipinski definition) is 3. The summed E-state index contributed by atoms with van der Waals surface area (Å²) in [5.41, 5.74) is 13.8. The van der Waals surface area contributed by atoms with E-state index in [2.05, 4.69) is 151 Å². The first-order valence-corrected chi connectivity index (χ1v) is 54.8. The maximum absolute atomic E-state index is 13.1. The smallest absolute Gasteiger partial charge is 0.331 e. The van der Waals surface area contributed by atoms with Crippen molar-refractivity contribution in [2.45, 2.75) is 402 Å². The summed E-state index contributed by atoms with van der Waals surface area (Å²) < 4.78 is 34.5. The number of esters is 3. The van der Waals surface area contributed by atoms with E-state index >= 15 is 0 Å². The topological polar surface area (TPSA) is 167 Å². The molecule has 135 heavy (non-hydrogen) atoms. The van der Waals surface area contributed by atoms with Crippen molar-refractivity contribution < 1.29 is 58.1 Å². The van der Waals surface area contributed by atoms with Crippen LogP contribution < -0.4 is 14.2 Å². The molecule has 0 aromatic heterocycles. The van der Waals surface area contributed by atoms with Gasteiger partial charge in [0.25, 0.3) is 0 Å². The van der Waals surface area contributed by atoms with Gasteiger partial charge < -0.3 is 43.7 Å². The lowest BCUT2D eigenvalue weighted by molar-refractivity contribution is -0.179. The van der Waals surface area contributed by atoms with Crippen LogP contribution in [0.4, 0.5) is 0 Å². The van der Waals surface area contributed by atoms with Gasteiger partial charge in [-0.05, 0) is 421 Å². The van der Waals surface area contributed by atoms with Gasteiger partial charge in [0, 0.05) is 52.2 Å². The Morgan fingerprint density at radius 2 is 0.881 bits per heavy atom. The third-order valence-corrected chi connectivity index (χ3v) is 44.6. The minimum atomic E-state index is -0.285. The normalized spacial score (nSPS) is 38.1. The summed E-state index contributed by atoms with van der Waals surface area (Å²) in [6.45, 7) is 52.0. The van der Waals surface area contributed by atoms with Crippen molar-refractivity contribution in [1.82, 2.24) is 0 Å². The Kier molecular flexibility index (Phi) is 30.7. The molecule has 0 amide bonds. The molecule has 0 heterocycles. The number of carbonyl (C=O) groups is 3. The average molecular weight is 1850 g/mol. The fourth-order valence-electron chi connectivity index (χ4n) is 36.5. The lowest BCUT2D eigenvalue weighted by Gasteiger charge is -2.63. The second-order valence-electron chi connectivity index (χ2n) is 51.4. The van der Waals surface area contributed by atoms with Gasteiger partial charge in [-0.1, -0.05) is 198 Å².